The van der Waals surface area contributed by atoms with Crippen LogP contribution in [0.25, 0.3) is 0 Å². The molecule has 0 heterocycles. The zero-order valence-corrected chi connectivity index (χ0v) is 12.6. The predicted octanol–water partition coefficient (Wildman–Crippen LogP) is 2.63. The molecule has 1 aromatic rings. The van der Waals surface area contributed by atoms with Crippen LogP contribution in [0.1, 0.15) is 13.3 Å². The number of hydrogen-bond acceptors (Lipinski definition) is 3. The molecule has 0 bridgehead atoms. The van der Waals surface area contributed by atoms with Crippen molar-refractivity contribution in [2.75, 3.05) is 19.3 Å². The Kier molecular flexibility index (Phi) is 6.61. The van der Waals surface area contributed by atoms with Gasteiger partial charge in [0, 0.05) is 30.7 Å². The van der Waals surface area contributed by atoms with Crippen LogP contribution >= 0.6 is 11.8 Å². The lowest BCUT2D eigenvalue weighted by Crippen LogP contribution is -2.33. The van der Waals surface area contributed by atoms with Crippen molar-refractivity contribution in [2.45, 2.75) is 18.2 Å². The van der Waals surface area contributed by atoms with Gasteiger partial charge in [0.05, 0.1) is 5.92 Å². The highest BCUT2D eigenvalue weighted by Gasteiger charge is 2.17. The lowest BCUT2D eigenvalue weighted by molar-refractivity contribution is -0.142. The van der Waals surface area contributed by atoms with Gasteiger partial charge in [-0.25, -0.2) is 8.78 Å². The summed E-state index contributed by atoms with van der Waals surface area (Å²) in [7, 11) is 1.55. The third kappa shape index (κ3) is 5.71. The SMILES string of the molecule is CC(CN(C)C(=O)CCSc1ccc(F)c(F)c1)C(=O)O. The molecule has 0 saturated carbocycles. The maximum Gasteiger partial charge on any atom is 0.308 e. The molecule has 1 atom stereocenters. The van der Waals surface area contributed by atoms with Gasteiger partial charge in [-0.15, -0.1) is 11.8 Å². The summed E-state index contributed by atoms with van der Waals surface area (Å²) >= 11 is 1.24. The van der Waals surface area contributed by atoms with Crippen LogP contribution in [0, 0.1) is 17.6 Å². The molecule has 1 unspecified atom stereocenters. The van der Waals surface area contributed by atoms with E-state index in [9.17, 15) is 18.4 Å². The number of halogens is 2. The van der Waals surface area contributed by atoms with Gasteiger partial charge in [-0.3, -0.25) is 9.59 Å². The van der Waals surface area contributed by atoms with Crippen molar-refractivity contribution in [2.24, 2.45) is 5.92 Å². The highest BCUT2D eigenvalue weighted by Crippen LogP contribution is 2.21. The number of benzene rings is 1. The van der Waals surface area contributed by atoms with E-state index in [1.165, 1.54) is 29.7 Å². The molecule has 0 fully saturated rings. The molecule has 0 saturated heterocycles. The largest absolute Gasteiger partial charge is 0.481 e. The maximum absolute atomic E-state index is 13.0. The van der Waals surface area contributed by atoms with Crippen LogP contribution < -0.4 is 0 Å². The number of aliphatic carboxylic acids is 1. The smallest absolute Gasteiger partial charge is 0.308 e. The summed E-state index contributed by atoms with van der Waals surface area (Å²) in [4.78, 5) is 24.4. The van der Waals surface area contributed by atoms with E-state index in [2.05, 4.69) is 0 Å². The molecule has 0 aromatic heterocycles. The quantitative estimate of drug-likeness (QED) is 0.786. The minimum Gasteiger partial charge on any atom is -0.481 e. The van der Waals surface area contributed by atoms with Gasteiger partial charge in [0.1, 0.15) is 0 Å². The Hall–Kier alpha value is -1.63. The van der Waals surface area contributed by atoms with Crippen molar-refractivity contribution in [1.29, 1.82) is 0 Å². The van der Waals surface area contributed by atoms with Crippen molar-refractivity contribution in [3.05, 3.63) is 29.8 Å². The molecule has 0 aliphatic rings. The second-order valence-corrected chi connectivity index (χ2v) is 5.86. The molecule has 116 valence electrons. The van der Waals surface area contributed by atoms with Crippen LogP contribution in [0.5, 0.6) is 0 Å². The number of nitrogens with zero attached hydrogens (tertiary/aromatic N) is 1. The number of thioether (sulfide) groups is 1. The molecule has 0 aliphatic heterocycles. The molecule has 0 aliphatic carbocycles. The Labute approximate surface area is 126 Å². The van der Waals surface area contributed by atoms with E-state index in [1.54, 1.807) is 7.05 Å². The fraction of sp³-hybridized carbons (Fsp3) is 0.429. The maximum atomic E-state index is 13.0. The van der Waals surface area contributed by atoms with Crippen molar-refractivity contribution in [1.82, 2.24) is 4.90 Å². The van der Waals surface area contributed by atoms with Crippen LogP contribution in [-0.2, 0) is 9.59 Å². The number of hydrogen-bond donors (Lipinski definition) is 1. The lowest BCUT2D eigenvalue weighted by Gasteiger charge is -2.19. The molecule has 1 amide bonds. The number of amides is 1. The minimum absolute atomic E-state index is 0.143. The summed E-state index contributed by atoms with van der Waals surface area (Å²) in [5, 5.41) is 8.78. The van der Waals surface area contributed by atoms with Gasteiger partial charge in [-0.2, -0.15) is 0 Å². The normalized spacial score (nSPS) is 12.0. The number of carbonyl (C=O) groups excluding carboxylic acids is 1. The zero-order valence-electron chi connectivity index (χ0n) is 11.8. The first-order chi connectivity index (χ1) is 9.81. The van der Waals surface area contributed by atoms with Gasteiger partial charge in [0.2, 0.25) is 5.91 Å². The summed E-state index contributed by atoms with van der Waals surface area (Å²) in [6, 6.07) is 3.57. The van der Waals surface area contributed by atoms with Crippen molar-refractivity contribution in [3.63, 3.8) is 0 Å². The minimum atomic E-state index is -0.953. The van der Waals surface area contributed by atoms with Crippen molar-refractivity contribution < 1.29 is 23.5 Å². The molecule has 0 spiro atoms. The molecule has 1 N–H and O–H groups in total. The number of carbonyl (C=O) groups is 2. The second-order valence-electron chi connectivity index (χ2n) is 4.69. The van der Waals surface area contributed by atoms with E-state index in [0.29, 0.717) is 10.6 Å². The Morgan fingerprint density at radius 1 is 1.33 bits per heavy atom. The van der Waals surface area contributed by atoms with Crippen LogP contribution in [0.15, 0.2) is 23.1 Å². The summed E-state index contributed by atoms with van der Waals surface area (Å²) in [6.07, 6.45) is 0.201. The van der Waals surface area contributed by atoms with Crippen LogP contribution in [0.2, 0.25) is 0 Å². The first kappa shape index (κ1) is 17.4. The third-order valence-electron chi connectivity index (χ3n) is 2.87. The van der Waals surface area contributed by atoms with E-state index >= 15 is 0 Å². The first-order valence-corrected chi connectivity index (χ1v) is 7.34. The summed E-state index contributed by atoms with van der Waals surface area (Å²) in [5.41, 5.74) is 0. The highest BCUT2D eigenvalue weighted by atomic mass is 32.2. The standard InChI is InChI=1S/C14H17F2NO3S/c1-9(14(19)20)8-17(2)13(18)5-6-21-10-3-4-11(15)12(16)7-10/h3-4,7,9H,5-6,8H2,1-2H3,(H,19,20). The number of carboxylic acids is 1. The second kappa shape index (κ2) is 7.97. The fourth-order valence-corrected chi connectivity index (χ4v) is 2.47. The highest BCUT2D eigenvalue weighted by molar-refractivity contribution is 7.99. The van der Waals surface area contributed by atoms with E-state index in [4.69, 9.17) is 5.11 Å². The van der Waals surface area contributed by atoms with E-state index in [0.717, 1.165) is 12.1 Å². The first-order valence-electron chi connectivity index (χ1n) is 6.36. The van der Waals surface area contributed by atoms with E-state index in [-0.39, 0.29) is 18.9 Å². The Morgan fingerprint density at radius 2 is 2.00 bits per heavy atom. The van der Waals surface area contributed by atoms with Crippen LogP contribution in [0.3, 0.4) is 0 Å². The van der Waals surface area contributed by atoms with Crippen molar-refractivity contribution in [3.8, 4) is 0 Å². The van der Waals surface area contributed by atoms with Gasteiger partial charge in [0.25, 0.3) is 0 Å². The molecule has 0 radical (unpaired) electrons. The average Bonchev–Trinajstić information content (AvgIpc) is 2.42. The molecule has 1 rings (SSSR count). The number of carboxylic acid groups (broad SMARTS) is 1. The van der Waals surface area contributed by atoms with Crippen LogP contribution in [0.4, 0.5) is 8.78 Å². The molecule has 1 aromatic carbocycles. The summed E-state index contributed by atoms with van der Waals surface area (Å²) < 4.78 is 25.7. The summed E-state index contributed by atoms with van der Waals surface area (Å²) in [5.74, 6) is -3.17. The van der Waals surface area contributed by atoms with Gasteiger partial charge in [-0.1, -0.05) is 6.92 Å². The fourth-order valence-electron chi connectivity index (χ4n) is 1.60. The van der Waals surface area contributed by atoms with Crippen LogP contribution in [-0.4, -0.2) is 41.2 Å². The molecule has 4 nitrogen and oxygen atoms in total. The van der Waals surface area contributed by atoms with Crippen molar-refractivity contribution >= 4 is 23.6 Å². The monoisotopic (exact) mass is 317 g/mol. The Morgan fingerprint density at radius 3 is 2.57 bits per heavy atom. The van der Waals surface area contributed by atoms with Gasteiger partial charge in [0.15, 0.2) is 11.6 Å². The van der Waals surface area contributed by atoms with Gasteiger partial charge < -0.3 is 10.0 Å². The Balaban J connectivity index is 2.39. The average molecular weight is 317 g/mol. The molecular formula is C14H17F2NO3S. The summed E-state index contributed by atoms with van der Waals surface area (Å²) in [6.45, 7) is 1.67. The lowest BCUT2D eigenvalue weighted by atomic mass is 10.2. The Bertz CT molecular complexity index is 525. The topological polar surface area (TPSA) is 57.6 Å². The van der Waals surface area contributed by atoms with E-state index in [1.807, 2.05) is 0 Å². The molecular weight excluding hydrogens is 300 g/mol. The van der Waals surface area contributed by atoms with E-state index < -0.39 is 23.5 Å². The van der Waals surface area contributed by atoms with Gasteiger partial charge in [-0.05, 0) is 18.2 Å². The zero-order chi connectivity index (χ0) is 16.0. The third-order valence-corrected chi connectivity index (χ3v) is 3.87. The number of rotatable bonds is 7. The van der Waals surface area contributed by atoms with Gasteiger partial charge >= 0.3 is 5.97 Å². The molecule has 7 heteroatoms. The molecule has 21 heavy (non-hydrogen) atoms. The predicted molar refractivity (Wildman–Crippen MR) is 76.1 cm³/mol.